The summed E-state index contributed by atoms with van der Waals surface area (Å²) in [4.78, 5) is 13.9. The zero-order chi connectivity index (χ0) is 21.5. The topological polar surface area (TPSA) is 35.7 Å². The van der Waals surface area contributed by atoms with E-state index < -0.39 is 0 Å². The van der Waals surface area contributed by atoms with Crippen LogP contribution in [0.1, 0.15) is 59.3 Å². The van der Waals surface area contributed by atoms with E-state index >= 15 is 0 Å². The van der Waals surface area contributed by atoms with Crippen LogP contribution >= 0.6 is 0 Å². The summed E-state index contributed by atoms with van der Waals surface area (Å²) >= 11 is 0. The van der Waals surface area contributed by atoms with Crippen molar-refractivity contribution in [1.29, 1.82) is 0 Å². The van der Waals surface area contributed by atoms with Crippen molar-refractivity contribution in [2.75, 3.05) is 7.11 Å². The first-order valence-electron chi connectivity index (χ1n) is 11.4. The molecule has 0 radical (unpaired) electrons. The van der Waals surface area contributed by atoms with Crippen molar-refractivity contribution < 1.29 is 14.4 Å². The molecule has 1 N–H and O–H groups in total. The molecule has 1 unspecified atom stereocenters. The molecule has 4 heteroatoms. The van der Waals surface area contributed by atoms with E-state index in [4.69, 9.17) is 4.74 Å². The monoisotopic (exact) mass is 417 g/mol. The number of benzene rings is 2. The number of hydrogen-bond acceptors (Lipinski definition) is 2. The van der Waals surface area contributed by atoms with Gasteiger partial charge in [-0.1, -0.05) is 55.0 Å². The Morgan fingerprint density at radius 1 is 0.935 bits per heavy atom. The molecule has 0 spiro atoms. The smallest absolute Gasteiger partial charge is 0.338 e. The summed E-state index contributed by atoms with van der Waals surface area (Å²) < 4.78 is 7.41. The molecule has 1 aliphatic rings. The van der Waals surface area contributed by atoms with Gasteiger partial charge in [0.25, 0.3) is 0 Å². The lowest BCUT2D eigenvalue weighted by atomic mass is 9.93. The predicted octanol–water partition coefficient (Wildman–Crippen LogP) is 4.24. The average molecular weight is 418 g/mol. The van der Waals surface area contributed by atoms with Gasteiger partial charge in [-0.05, 0) is 49.4 Å². The molecule has 0 bridgehead atoms. The predicted molar refractivity (Wildman–Crippen MR) is 123 cm³/mol. The molecule has 162 valence electrons. The molecular formula is C27H33N2O2+. The van der Waals surface area contributed by atoms with Crippen LogP contribution in [0.2, 0.25) is 0 Å². The molecule has 1 aromatic heterocycles. The fourth-order valence-electron chi connectivity index (χ4n) is 4.87. The van der Waals surface area contributed by atoms with Gasteiger partial charge in [-0.3, -0.25) is 0 Å². The van der Waals surface area contributed by atoms with Crippen LogP contribution in [-0.4, -0.2) is 23.7 Å². The number of rotatable bonds is 8. The maximum atomic E-state index is 12.3. The first kappa shape index (κ1) is 21.4. The highest BCUT2D eigenvalue weighted by atomic mass is 16.5. The molecule has 4 nitrogen and oxygen atoms in total. The quantitative estimate of drug-likeness (QED) is 0.557. The normalized spacial score (nSPS) is 15.5. The standard InChI is InChI=1S/C27H32N2O2/c1-31-27(30)26-17-9-8-13-23(26)20-29(24-14-6-3-7-15-24)21-25-16-10-18-28(25)19-22-11-4-2-5-12-22/h2,4-5,8-13,16-18,24H,3,6-7,14-15,19-21H2,1H3/p+1. The Morgan fingerprint density at radius 3 is 2.45 bits per heavy atom. The molecule has 1 fully saturated rings. The Balaban J connectivity index is 1.57. The second-order valence-electron chi connectivity index (χ2n) is 8.61. The number of carbonyl (C=O) groups excluding carboxylic acids is 1. The number of nitrogens with zero attached hydrogens (tertiary/aromatic N) is 1. The molecule has 0 saturated heterocycles. The molecule has 0 aliphatic heterocycles. The third-order valence-electron chi connectivity index (χ3n) is 6.55. The number of methoxy groups -OCH3 is 1. The largest absolute Gasteiger partial charge is 0.465 e. The summed E-state index contributed by atoms with van der Waals surface area (Å²) in [6, 6.07) is 23.6. The fourth-order valence-corrected chi connectivity index (χ4v) is 4.87. The van der Waals surface area contributed by atoms with Crippen LogP contribution in [0.5, 0.6) is 0 Å². The third-order valence-corrected chi connectivity index (χ3v) is 6.55. The molecule has 4 rings (SSSR count). The van der Waals surface area contributed by atoms with E-state index in [2.05, 4.69) is 59.3 Å². The molecule has 1 atom stereocenters. The Hall–Kier alpha value is -2.85. The van der Waals surface area contributed by atoms with Crippen LogP contribution in [0.4, 0.5) is 0 Å². The Morgan fingerprint density at radius 2 is 1.68 bits per heavy atom. The molecule has 1 heterocycles. The van der Waals surface area contributed by atoms with Gasteiger partial charge in [0.15, 0.2) is 0 Å². The summed E-state index contributed by atoms with van der Waals surface area (Å²) in [6.07, 6.45) is 8.65. The molecule has 1 saturated carbocycles. The van der Waals surface area contributed by atoms with E-state index in [0.29, 0.717) is 11.6 Å². The Labute approximate surface area is 185 Å². The highest BCUT2D eigenvalue weighted by Gasteiger charge is 2.27. The molecule has 31 heavy (non-hydrogen) atoms. The summed E-state index contributed by atoms with van der Waals surface area (Å²) in [7, 11) is 1.46. The number of hydrogen-bond donors (Lipinski definition) is 1. The molecular weight excluding hydrogens is 384 g/mol. The van der Waals surface area contributed by atoms with Crippen LogP contribution in [0, 0.1) is 0 Å². The first-order valence-corrected chi connectivity index (χ1v) is 11.4. The van der Waals surface area contributed by atoms with Gasteiger partial charge in [0.1, 0.15) is 13.1 Å². The van der Waals surface area contributed by atoms with Crippen molar-refractivity contribution in [3.63, 3.8) is 0 Å². The van der Waals surface area contributed by atoms with Crippen LogP contribution < -0.4 is 4.90 Å². The van der Waals surface area contributed by atoms with E-state index in [1.807, 2.05) is 18.2 Å². The summed E-state index contributed by atoms with van der Waals surface area (Å²) in [5.41, 5.74) is 4.43. The minimum absolute atomic E-state index is 0.244. The fraction of sp³-hybridized carbons (Fsp3) is 0.370. The number of carbonyl (C=O) groups is 1. The first-order chi connectivity index (χ1) is 15.2. The number of esters is 1. The third kappa shape index (κ3) is 5.45. The van der Waals surface area contributed by atoms with Gasteiger partial charge in [0, 0.05) is 18.3 Å². The lowest BCUT2D eigenvalue weighted by Gasteiger charge is -2.32. The van der Waals surface area contributed by atoms with E-state index in [-0.39, 0.29) is 5.97 Å². The minimum atomic E-state index is -0.244. The SMILES string of the molecule is COC(=O)c1ccccc1C[NH+](Cc1cccn1Cc1ccccc1)C1CCCCC1. The number of quaternary nitrogens is 1. The summed E-state index contributed by atoms with van der Waals surface area (Å²) in [5, 5.41) is 0. The van der Waals surface area contributed by atoms with E-state index in [1.54, 1.807) is 4.90 Å². The van der Waals surface area contributed by atoms with E-state index in [1.165, 1.54) is 50.5 Å². The Bertz CT molecular complexity index is 974. The molecule has 3 aromatic rings. The average Bonchev–Trinajstić information content (AvgIpc) is 3.26. The molecule has 0 amide bonds. The van der Waals surface area contributed by atoms with E-state index in [9.17, 15) is 4.79 Å². The minimum Gasteiger partial charge on any atom is -0.465 e. The molecule has 1 aliphatic carbocycles. The van der Waals surface area contributed by atoms with Gasteiger partial charge in [-0.15, -0.1) is 0 Å². The highest BCUT2D eigenvalue weighted by Crippen LogP contribution is 2.17. The van der Waals surface area contributed by atoms with E-state index in [0.717, 1.165) is 25.2 Å². The van der Waals surface area contributed by atoms with Crippen LogP contribution in [0.25, 0.3) is 0 Å². The van der Waals surface area contributed by atoms with Crippen molar-refractivity contribution in [2.45, 2.75) is 57.8 Å². The van der Waals surface area contributed by atoms with Crippen molar-refractivity contribution in [2.24, 2.45) is 0 Å². The summed E-state index contributed by atoms with van der Waals surface area (Å²) in [5.74, 6) is -0.244. The van der Waals surface area contributed by atoms with Crippen LogP contribution in [0.3, 0.4) is 0 Å². The van der Waals surface area contributed by atoms with Gasteiger partial charge < -0.3 is 14.2 Å². The lowest BCUT2D eigenvalue weighted by Crippen LogP contribution is -3.13. The van der Waals surface area contributed by atoms with Gasteiger partial charge in [0.05, 0.1) is 24.4 Å². The number of ether oxygens (including phenoxy) is 1. The van der Waals surface area contributed by atoms with Crippen molar-refractivity contribution in [1.82, 2.24) is 4.57 Å². The van der Waals surface area contributed by atoms with Gasteiger partial charge in [-0.2, -0.15) is 0 Å². The maximum absolute atomic E-state index is 12.3. The number of nitrogens with one attached hydrogen (secondary N) is 1. The van der Waals surface area contributed by atoms with Crippen molar-refractivity contribution >= 4 is 5.97 Å². The lowest BCUT2D eigenvalue weighted by molar-refractivity contribution is -0.953. The molecule has 2 aromatic carbocycles. The van der Waals surface area contributed by atoms with Gasteiger partial charge in [-0.25, -0.2) is 4.79 Å². The zero-order valence-electron chi connectivity index (χ0n) is 18.4. The van der Waals surface area contributed by atoms with Crippen LogP contribution in [-0.2, 0) is 24.4 Å². The zero-order valence-corrected chi connectivity index (χ0v) is 18.4. The second kappa shape index (κ2) is 10.5. The van der Waals surface area contributed by atoms with Gasteiger partial charge in [0.2, 0.25) is 0 Å². The second-order valence-corrected chi connectivity index (χ2v) is 8.61. The maximum Gasteiger partial charge on any atom is 0.338 e. The van der Waals surface area contributed by atoms with Crippen molar-refractivity contribution in [3.8, 4) is 0 Å². The van der Waals surface area contributed by atoms with Crippen molar-refractivity contribution in [3.05, 3.63) is 95.3 Å². The highest BCUT2D eigenvalue weighted by molar-refractivity contribution is 5.90. The van der Waals surface area contributed by atoms with Gasteiger partial charge >= 0.3 is 5.97 Å². The Kier molecular flexibility index (Phi) is 7.21. The van der Waals surface area contributed by atoms with Crippen LogP contribution in [0.15, 0.2) is 72.9 Å². The summed E-state index contributed by atoms with van der Waals surface area (Å²) in [6.45, 7) is 2.69. The number of aromatic nitrogens is 1.